The standard InChI is InChI=1S/C17H28N4O/c1-12-5-3-4-6-13(12)7-19-17(22)16-10-18-9-15(16)14-8-20-21(2)11-14/h8,11-13,15-16,18H,3-7,9-10H2,1-2H3,(H,19,22)/t12?,13?,15-,16+/m1/s1. The van der Waals surface area contributed by atoms with Gasteiger partial charge in [-0.3, -0.25) is 9.48 Å². The van der Waals surface area contributed by atoms with Gasteiger partial charge in [-0.15, -0.1) is 0 Å². The number of aryl methyl sites for hydroxylation is 1. The summed E-state index contributed by atoms with van der Waals surface area (Å²) in [5.41, 5.74) is 1.17. The highest BCUT2D eigenvalue weighted by Gasteiger charge is 2.35. The van der Waals surface area contributed by atoms with Gasteiger partial charge in [0, 0.05) is 38.8 Å². The lowest BCUT2D eigenvalue weighted by atomic mass is 9.80. The molecule has 5 heteroatoms. The van der Waals surface area contributed by atoms with Crippen LogP contribution in [0.2, 0.25) is 0 Å². The van der Waals surface area contributed by atoms with Crippen LogP contribution in [0.5, 0.6) is 0 Å². The summed E-state index contributed by atoms with van der Waals surface area (Å²) in [7, 11) is 1.92. The third kappa shape index (κ3) is 3.35. The number of amides is 1. The first kappa shape index (κ1) is 15.5. The van der Waals surface area contributed by atoms with Crippen molar-refractivity contribution in [1.29, 1.82) is 0 Å². The highest BCUT2D eigenvalue weighted by Crippen LogP contribution is 2.30. The number of nitrogens with zero attached hydrogens (tertiary/aromatic N) is 2. The van der Waals surface area contributed by atoms with E-state index in [1.165, 1.54) is 31.2 Å². The summed E-state index contributed by atoms with van der Waals surface area (Å²) >= 11 is 0. The molecule has 122 valence electrons. The van der Waals surface area contributed by atoms with E-state index in [1.54, 1.807) is 0 Å². The Bertz CT molecular complexity index is 513. The minimum atomic E-state index is 0.0306. The second-order valence-corrected chi connectivity index (χ2v) is 7.09. The summed E-state index contributed by atoms with van der Waals surface area (Å²) in [6.45, 7) is 4.80. The van der Waals surface area contributed by atoms with Gasteiger partial charge in [-0.2, -0.15) is 5.10 Å². The summed E-state index contributed by atoms with van der Waals surface area (Å²) < 4.78 is 1.81. The Morgan fingerprint density at radius 2 is 2.23 bits per heavy atom. The average Bonchev–Trinajstić information content (AvgIpc) is 3.14. The van der Waals surface area contributed by atoms with E-state index in [-0.39, 0.29) is 17.7 Å². The maximum Gasteiger partial charge on any atom is 0.225 e. The lowest BCUT2D eigenvalue weighted by Crippen LogP contribution is -2.39. The molecular weight excluding hydrogens is 276 g/mol. The first-order valence-corrected chi connectivity index (χ1v) is 8.62. The molecule has 1 aliphatic heterocycles. The molecule has 2 heterocycles. The quantitative estimate of drug-likeness (QED) is 0.889. The monoisotopic (exact) mass is 304 g/mol. The van der Waals surface area contributed by atoms with Crippen molar-refractivity contribution < 1.29 is 4.79 Å². The first-order valence-electron chi connectivity index (χ1n) is 8.62. The number of rotatable bonds is 4. The summed E-state index contributed by atoms with van der Waals surface area (Å²) in [5.74, 6) is 1.88. The lowest BCUT2D eigenvalue weighted by Gasteiger charge is -2.29. The SMILES string of the molecule is CC1CCCCC1CNC(=O)[C@H]1CNC[C@@H]1c1cnn(C)c1. The van der Waals surface area contributed by atoms with Crippen molar-refractivity contribution in [3.63, 3.8) is 0 Å². The topological polar surface area (TPSA) is 59.0 Å². The van der Waals surface area contributed by atoms with Crippen LogP contribution in [0.4, 0.5) is 0 Å². The molecule has 0 bridgehead atoms. The number of aromatic nitrogens is 2. The molecule has 0 aromatic carbocycles. The van der Waals surface area contributed by atoms with E-state index in [9.17, 15) is 4.79 Å². The minimum Gasteiger partial charge on any atom is -0.356 e. The van der Waals surface area contributed by atoms with Crippen LogP contribution in [-0.2, 0) is 11.8 Å². The number of nitrogens with one attached hydrogen (secondary N) is 2. The van der Waals surface area contributed by atoms with E-state index in [0.29, 0.717) is 5.92 Å². The first-order chi connectivity index (χ1) is 10.6. The predicted molar refractivity (Wildman–Crippen MR) is 86.4 cm³/mol. The predicted octanol–water partition coefficient (Wildman–Crippen LogP) is 1.67. The van der Waals surface area contributed by atoms with E-state index < -0.39 is 0 Å². The molecule has 0 radical (unpaired) electrons. The number of carbonyl (C=O) groups is 1. The molecule has 1 aromatic rings. The van der Waals surface area contributed by atoms with Crippen LogP contribution in [0, 0.1) is 17.8 Å². The van der Waals surface area contributed by atoms with Gasteiger partial charge in [0.25, 0.3) is 0 Å². The van der Waals surface area contributed by atoms with E-state index >= 15 is 0 Å². The van der Waals surface area contributed by atoms with E-state index in [1.807, 2.05) is 24.1 Å². The van der Waals surface area contributed by atoms with Gasteiger partial charge in [-0.05, 0) is 23.8 Å². The molecule has 5 nitrogen and oxygen atoms in total. The Morgan fingerprint density at radius 1 is 1.41 bits per heavy atom. The number of hydrogen-bond acceptors (Lipinski definition) is 3. The van der Waals surface area contributed by atoms with Crippen LogP contribution in [0.25, 0.3) is 0 Å². The Balaban J connectivity index is 1.56. The van der Waals surface area contributed by atoms with Crippen LogP contribution >= 0.6 is 0 Å². The molecule has 4 atom stereocenters. The fourth-order valence-electron chi connectivity index (χ4n) is 4.00. The van der Waals surface area contributed by atoms with Crippen molar-refractivity contribution in [1.82, 2.24) is 20.4 Å². The van der Waals surface area contributed by atoms with Gasteiger partial charge in [-0.1, -0.05) is 26.2 Å². The molecule has 22 heavy (non-hydrogen) atoms. The molecule has 2 N–H and O–H groups in total. The third-order valence-electron chi connectivity index (χ3n) is 5.53. The maximum absolute atomic E-state index is 12.6. The highest BCUT2D eigenvalue weighted by atomic mass is 16.1. The van der Waals surface area contributed by atoms with Gasteiger partial charge < -0.3 is 10.6 Å². The molecular formula is C17H28N4O. The molecule has 2 fully saturated rings. The van der Waals surface area contributed by atoms with E-state index in [2.05, 4.69) is 22.7 Å². The molecule has 1 aromatic heterocycles. The van der Waals surface area contributed by atoms with Crippen LogP contribution in [0.3, 0.4) is 0 Å². The average molecular weight is 304 g/mol. The van der Waals surface area contributed by atoms with Crippen molar-refractivity contribution in [3.05, 3.63) is 18.0 Å². The largest absolute Gasteiger partial charge is 0.356 e. The van der Waals surface area contributed by atoms with Crippen molar-refractivity contribution in [3.8, 4) is 0 Å². The van der Waals surface area contributed by atoms with E-state index in [0.717, 1.165) is 25.6 Å². The maximum atomic E-state index is 12.6. The molecule has 1 aliphatic carbocycles. The van der Waals surface area contributed by atoms with Gasteiger partial charge in [0.15, 0.2) is 0 Å². The van der Waals surface area contributed by atoms with Crippen molar-refractivity contribution in [2.24, 2.45) is 24.8 Å². The van der Waals surface area contributed by atoms with Gasteiger partial charge in [0.1, 0.15) is 0 Å². The minimum absolute atomic E-state index is 0.0306. The molecule has 2 unspecified atom stereocenters. The third-order valence-corrected chi connectivity index (χ3v) is 5.53. The molecule has 1 saturated heterocycles. The summed E-state index contributed by atoms with van der Waals surface area (Å²) in [6.07, 6.45) is 9.15. The lowest BCUT2D eigenvalue weighted by molar-refractivity contribution is -0.125. The summed E-state index contributed by atoms with van der Waals surface area (Å²) in [6, 6.07) is 0. The molecule has 1 amide bonds. The van der Waals surface area contributed by atoms with Crippen LogP contribution in [0.15, 0.2) is 12.4 Å². The zero-order valence-electron chi connectivity index (χ0n) is 13.7. The Kier molecular flexibility index (Phi) is 4.81. The summed E-state index contributed by atoms with van der Waals surface area (Å²) in [4.78, 5) is 12.6. The Labute approximate surface area is 132 Å². The molecule has 2 aliphatic rings. The van der Waals surface area contributed by atoms with Crippen LogP contribution in [0.1, 0.15) is 44.1 Å². The van der Waals surface area contributed by atoms with E-state index in [4.69, 9.17) is 0 Å². The van der Waals surface area contributed by atoms with Crippen molar-refractivity contribution in [2.45, 2.75) is 38.5 Å². The molecule has 3 rings (SSSR count). The Hall–Kier alpha value is -1.36. The van der Waals surface area contributed by atoms with Crippen molar-refractivity contribution >= 4 is 5.91 Å². The van der Waals surface area contributed by atoms with Gasteiger partial charge >= 0.3 is 0 Å². The second-order valence-electron chi connectivity index (χ2n) is 7.09. The number of carbonyl (C=O) groups excluding carboxylic acids is 1. The van der Waals surface area contributed by atoms with Crippen LogP contribution in [-0.4, -0.2) is 35.3 Å². The molecule has 1 saturated carbocycles. The van der Waals surface area contributed by atoms with Gasteiger partial charge in [0.05, 0.1) is 12.1 Å². The molecule has 0 spiro atoms. The highest BCUT2D eigenvalue weighted by molar-refractivity contribution is 5.80. The zero-order chi connectivity index (χ0) is 15.5. The van der Waals surface area contributed by atoms with Gasteiger partial charge in [0.2, 0.25) is 5.91 Å². The fraction of sp³-hybridized carbons (Fsp3) is 0.765. The van der Waals surface area contributed by atoms with Crippen LogP contribution < -0.4 is 10.6 Å². The second kappa shape index (κ2) is 6.82. The normalized spacial score (nSPS) is 32.1. The van der Waals surface area contributed by atoms with Gasteiger partial charge in [-0.25, -0.2) is 0 Å². The zero-order valence-corrected chi connectivity index (χ0v) is 13.7. The smallest absolute Gasteiger partial charge is 0.225 e. The fourth-order valence-corrected chi connectivity index (χ4v) is 4.00. The Morgan fingerprint density at radius 3 is 2.95 bits per heavy atom. The number of hydrogen-bond donors (Lipinski definition) is 2. The van der Waals surface area contributed by atoms with Crippen molar-refractivity contribution in [2.75, 3.05) is 19.6 Å². The summed E-state index contributed by atoms with van der Waals surface area (Å²) in [5, 5.41) is 10.8.